The molecule has 0 bridgehead atoms. The summed E-state index contributed by atoms with van der Waals surface area (Å²) in [7, 11) is 2.02. The zero-order valence-electron chi connectivity index (χ0n) is 19.5. The predicted molar refractivity (Wildman–Crippen MR) is 146 cm³/mol. The summed E-state index contributed by atoms with van der Waals surface area (Å²) < 4.78 is 1.90. The third-order valence-electron chi connectivity index (χ3n) is 6.57. The lowest BCUT2D eigenvalue weighted by atomic mass is 10.1. The van der Waals surface area contributed by atoms with E-state index in [1.165, 1.54) is 32.1 Å². The van der Waals surface area contributed by atoms with Crippen LogP contribution in [0.3, 0.4) is 0 Å². The number of fused-ring (bicyclic) bond motifs is 3. The molecule has 2 heterocycles. The van der Waals surface area contributed by atoms with E-state index in [9.17, 15) is 4.79 Å². The van der Waals surface area contributed by atoms with E-state index in [1.54, 1.807) is 0 Å². The number of unbranched alkanes of at least 4 members (excludes halogenated alkanes) is 5. The number of alkyl halides is 1. The summed E-state index contributed by atoms with van der Waals surface area (Å²) in [6, 6.07) is 20.0. The summed E-state index contributed by atoms with van der Waals surface area (Å²) in [5.41, 5.74) is 4.26. The molecule has 0 aliphatic carbocycles. The van der Waals surface area contributed by atoms with E-state index in [4.69, 9.17) is 10.1 Å². The topological polar surface area (TPSA) is 50.5 Å². The molecule has 0 unspecified atom stereocenters. The van der Waals surface area contributed by atoms with Crippen molar-refractivity contribution in [3.05, 3.63) is 70.9 Å². The van der Waals surface area contributed by atoms with Crippen LogP contribution in [0, 0.1) is 0 Å². The summed E-state index contributed by atoms with van der Waals surface area (Å²) in [6.45, 7) is 0.858. The number of hydrogen-bond donors (Lipinski definition) is 0. The minimum atomic E-state index is 0.0575. The molecule has 0 saturated carbocycles. The van der Waals surface area contributed by atoms with E-state index < -0.39 is 0 Å². The van der Waals surface area contributed by atoms with Gasteiger partial charge in [0.15, 0.2) is 5.82 Å². The zero-order valence-corrected chi connectivity index (χ0v) is 21.1. The van der Waals surface area contributed by atoms with Crippen LogP contribution >= 0.6 is 15.9 Å². The number of halogens is 1. The van der Waals surface area contributed by atoms with Gasteiger partial charge in [0, 0.05) is 29.9 Å². The maximum atomic E-state index is 13.7. The fraction of sp³-hybridized carbons (Fsp3) is 0.321. The van der Waals surface area contributed by atoms with E-state index >= 15 is 0 Å². The standard InChI is InChI=1S/C28H29BrN4O/c1-32(18-12-5-3-2-4-11-17-29)24-19-22-26-25(27(24)34)21-15-9-10-16-23(21)33(26)31-28(30-22)20-13-7-6-8-14-20/h6-10,13-16,19H,2-5,11-12,17-18H2,1H3. The van der Waals surface area contributed by atoms with Gasteiger partial charge < -0.3 is 4.90 Å². The van der Waals surface area contributed by atoms with E-state index in [2.05, 4.69) is 20.8 Å². The molecule has 0 fully saturated rings. The lowest BCUT2D eigenvalue weighted by molar-refractivity contribution is 0.608. The third kappa shape index (κ3) is 4.27. The second-order valence-electron chi connectivity index (χ2n) is 8.93. The van der Waals surface area contributed by atoms with Gasteiger partial charge in [-0.2, -0.15) is 0 Å². The molecular weight excluding hydrogens is 488 g/mol. The molecule has 3 aromatic carbocycles. The van der Waals surface area contributed by atoms with Crippen molar-refractivity contribution >= 4 is 48.9 Å². The molecule has 0 saturated heterocycles. The maximum absolute atomic E-state index is 13.7. The average molecular weight is 517 g/mol. The number of anilines is 1. The molecule has 34 heavy (non-hydrogen) atoms. The van der Waals surface area contributed by atoms with Crippen LogP contribution in [0.25, 0.3) is 38.7 Å². The first kappa shape index (κ1) is 22.8. The predicted octanol–water partition coefficient (Wildman–Crippen LogP) is 6.67. The smallest absolute Gasteiger partial charge is 0.212 e. The van der Waals surface area contributed by atoms with Crippen molar-refractivity contribution in [1.29, 1.82) is 0 Å². The summed E-state index contributed by atoms with van der Waals surface area (Å²) >= 11 is 3.50. The van der Waals surface area contributed by atoms with Crippen LogP contribution in [-0.2, 0) is 0 Å². The highest BCUT2D eigenvalue weighted by Gasteiger charge is 2.21. The second-order valence-corrected chi connectivity index (χ2v) is 9.72. The Morgan fingerprint density at radius 2 is 1.62 bits per heavy atom. The van der Waals surface area contributed by atoms with E-state index in [1.807, 2.05) is 72.2 Å². The molecule has 0 N–H and O–H groups in total. The summed E-state index contributed by atoms with van der Waals surface area (Å²) in [4.78, 5) is 20.7. The van der Waals surface area contributed by atoms with Gasteiger partial charge >= 0.3 is 0 Å². The molecule has 0 spiro atoms. The van der Waals surface area contributed by atoms with Gasteiger partial charge in [0.05, 0.1) is 22.1 Å². The van der Waals surface area contributed by atoms with Gasteiger partial charge in [0.2, 0.25) is 5.43 Å². The van der Waals surface area contributed by atoms with Crippen LogP contribution in [-0.4, -0.2) is 33.5 Å². The molecule has 5 aromatic rings. The lowest BCUT2D eigenvalue weighted by Gasteiger charge is -2.19. The highest BCUT2D eigenvalue weighted by molar-refractivity contribution is 9.09. The monoisotopic (exact) mass is 516 g/mol. The Hall–Kier alpha value is -2.99. The Morgan fingerprint density at radius 3 is 2.41 bits per heavy atom. The van der Waals surface area contributed by atoms with Gasteiger partial charge in [-0.25, -0.2) is 9.50 Å². The Kier molecular flexibility index (Phi) is 6.77. The number of benzene rings is 3. The highest BCUT2D eigenvalue weighted by Crippen LogP contribution is 2.31. The molecule has 0 aliphatic rings. The first-order valence-electron chi connectivity index (χ1n) is 12.1. The normalized spacial score (nSPS) is 11.7. The molecule has 5 rings (SSSR count). The fourth-order valence-electron chi connectivity index (χ4n) is 4.77. The minimum absolute atomic E-state index is 0.0575. The molecule has 0 radical (unpaired) electrons. The fourth-order valence-corrected chi connectivity index (χ4v) is 5.16. The largest absolute Gasteiger partial charge is 0.371 e. The Labute approximate surface area is 207 Å². The van der Waals surface area contributed by atoms with Crippen LogP contribution < -0.4 is 10.3 Å². The highest BCUT2D eigenvalue weighted by atomic mass is 79.9. The van der Waals surface area contributed by atoms with Gasteiger partial charge in [-0.15, -0.1) is 5.10 Å². The first-order chi connectivity index (χ1) is 16.7. The molecule has 5 nitrogen and oxygen atoms in total. The minimum Gasteiger partial charge on any atom is -0.371 e. The number of nitrogens with zero attached hydrogens (tertiary/aromatic N) is 4. The van der Waals surface area contributed by atoms with Crippen molar-refractivity contribution in [2.24, 2.45) is 0 Å². The van der Waals surface area contributed by atoms with Crippen molar-refractivity contribution < 1.29 is 0 Å². The average Bonchev–Trinajstić information content (AvgIpc) is 3.21. The summed E-state index contributed by atoms with van der Waals surface area (Å²) in [5.74, 6) is 0.659. The number of para-hydroxylation sites is 1. The second kappa shape index (κ2) is 10.1. The molecule has 0 amide bonds. The Bertz CT molecular complexity index is 1460. The van der Waals surface area contributed by atoms with E-state index in [-0.39, 0.29) is 5.43 Å². The molecule has 6 heteroatoms. The molecular formula is C28H29BrN4O. The number of aromatic nitrogens is 3. The first-order valence-corrected chi connectivity index (χ1v) is 13.2. The van der Waals surface area contributed by atoms with Gasteiger partial charge in [0.1, 0.15) is 5.52 Å². The Morgan fingerprint density at radius 1 is 0.912 bits per heavy atom. The van der Waals surface area contributed by atoms with Gasteiger partial charge in [-0.3, -0.25) is 4.79 Å². The number of rotatable bonds is 10. The van der Waals surface area contributed by atoms with Crippen molar-refractivity contribution in [2.75, 3.05) is 23.8 Å². The van der Waals surface area contributed by atoms with Crippen LogP contribution in [0.1, 0.15) is 38.5 Å². The van der Waals surface area contributed by atoms with Crippen molar-refractivity contribution in [1.82, 2.24) is 14.6 Å². The molecule has 174 valence electrons. The SMILES string of the molecule is CN(CCCCCCCCBr)c1cc2nc(-c3ccccc3)nn3c4ccccc4c(c1=O)c23. The molecule has 2 aromatic heterocycles. The van der Waals surface area contributed by atoms with Crippen LogP contribution in [0.2, 0.25) is 0 Å². The van der Waals surface area contributed by atoms with E-state index in [0.717, 1.165) is 45.8 Å². The van der Waals surface area contributed by atoms with Crippen molar-refractivity contribution in [2.45, 2.75) is 38.5 Å². The molecule has 0 atom stereocenters. The third-order valence-corrected chi connectivity index (χ3v) is 7.13. The van der Waals surface area contributed by atoms with Gasteiger partial charge in [0.25, 0.3) is 0 Å². The summed E-state index contributed by atoms with van der Waals surface area (Å²) in [5, 5.41) is 7.57. The zero-order chi connectivity index (χ0) is 23.5. The van der Waals surface area contributed by atoms with Gasteiger partial charge in [-0.05, 0) is 25.0 Å². The molecule has 0 aliphatic heterocycles. The summed E-state index contributed by atoms with van der Waals surface area (Å²) in [6.07, 6.45) is 7.31. The number of hydrogen-bond acceptors (Lipinski definition) is 4. The van der Waals surface area contributed by atoms with E-state index in [0.29, 0.717) is 16.9 Å². The Balaban J connectivity index is 1.55. The van der Waals surface area contributed by atoms with Gasteiger partial charge in [-0.1, -0.05) is 90.1 Å². The van der Waals surface area contributed by atoms with Crippen LogP contribution in [0.15, 0.2) is 65.5 Å². The lowest BCUT2D eigenvalue weighted by Crippen LogP contribution is -2.25. The van der Waals surface area contributed by atoms with Crippen molar-refractivity contribution in [3.63, 3.8) is 0 Å². The van der Waals surface area contributed by atoms with Crippen LogP contribution in [0.5, 0.6) is 0 Å². The quantitative estimate of drug-likeness (QED) is 0.153. The van der Waals surface area contributed by atoms with Crippen LogP contribution in [0.4, 0.5) is 5.69 Å². The maximum Gasteiger partial charge on any atom is 0.212 e. The van der Waals surface area contributed by atoms with Crippen molar-refractivity contribution in [3.8, 4) is 11.4 Å².